The zero-order valence-corrected chi connectivity index (χ0v) is 12.3. The van der Waals surface area contributed by atoms with Gasteiger partial charge in [0, 0.05) is 19.6 Å². The Hall–Kier alpha value is -0.590. The van der Waals surface area contributed by atoms with Crippen LogP contribution in [0.5, 0.6) is 0 Å². The van der Waals surface area contributed by atoms with Gasteiger partial charge in [-0.1, -0.05) is 0 Å². The second kappa shape index (κ2) is 7.43. The fourth-order valence-corrected chi connectivity index (χ4v) is 3.26. The standard InChI is InChI=1S/C14H21F3N2S/c15-14(16,17)13-2-1-7-19(10-13)8-6-18-5-3-12-4-9-20-11-12/h4,9,11,13,18H,1-3,5-8,10H2. The maximum atomic E-state index is 12.7. The quantitative estimate of drug-likeness (QED) is 0.812. The lowest BCUT2D eigenvalue weighted by molar-refractivity contribution is -0.186. The van der Waals surface area contributed by atoms with Crippen LogP contribution in [-0.4, -0.2) is 43.8 Å². The molecule has 0 amide bonds. The van der Waals surface area contributed by atoms with Gasteiger partial charge in [0.15, 0.2) is 0 Å². The van der Waals surface area contributed by atoms with Gasteiger partial charge in [-0.25, -0.2) is 0 Å². The predicted octanol–water partition coefficient (Wildman–Crippen LogP) is 3.15. The average Bonchev–Trinajstić information content (AvgIpc) is 2.91. The van der Waals surface area contributed by atoms with E-state index in [0.29, 0.717) is 13.0 Å². The van der Waals surface area contributed by atoms with E-state index in [1.807, 2.05) is 4.90 Å². The highest BCUT2D eigenvalue weighted by atomic mass is 32.1. The Morgan fingerprint density at radius 3 is 2.90 bits per heavy atom. The highest BCUT2D eigenvalue weighted by Crippen LogP contribution is 2.32. The summed E-state index contributed by atoms with van der Waals surface area (Å²) in [7, 11) is 0. The normalized spacial score (nSPS) is 21.2. The Bertz CT molecular complexity index is 378. The molecule has 0 aliphatic carbocycles. The fraction of sp³-hybridized carbons (Fsp3) is 0.714. The molecule has 1 atom stereocenters. The fourth-order valence-electron chi connectivity index (χ4n) is 2.56. The Morgan fingerprint density at radius 1 is 1.35 bits per heavy atom. The third-order valence-corrected chi connectivity index (χ3v) is 4.48. The van der Waals surface area contributed by atoms with E-state index in [1.54, 1.807) is 11.3 Å². The maximum Gasteiger partial charge on any atom is 0.393 e. The predicted molar refractivity (Wildman–Crippen MR) is 76.1 cm³/mol. The molecule has 114 valence electrons. The van der Waals surface area contributed by atoms with Crippen LogP contribution in [0.15, 0.2) is 16.8 Å². The van der Waals surface area contributed by atoms with Gasteiger partial charge in [-0.15, -0.1) is 0 Å². The molecule has 1 aliphatic heterocycles. The molecule has 1 aromatic rings. The van der Waals surface area contributed by atoms with Crippen LogP contribution >= 0.6 is 11.3 Å². The SMILES string of the molecule is FC(F)(F)C1CCCN(CCNCCc2ccsc2)C1. The Balaban J connectivity index is 1.59. The van der Waals surface area contributed by atoms with Crippen molar-refractivity contribution in [2.45, 2.75) is 25.4 Å². The minimum Gasteiger partial charge on any atom is -0.315 e. The van der Waals surface area contributed by atoms with E-state index in [-0.39, 0.29) is 13.0 Å². The molecule has 20 heavy (non-hydrogen) atoms. The Kier molecular flexibility index (Phi) is 5.86. The first-order chi connectivity index (χ1) is 9.55. The number of nitrogens with zero attached hydrogens (tertiary/aromatic N) is 1. The second-order valence-electron chi connectivity index (χ2n) is 5.31. The largest absolute Gasteiger partial charge is 0.393 e. The summed E-state index contributed by atoms with van der Waals surface area (Å²) in [6, 6.07) is 2.10. The number of halogens is 3. The summed E-state index contributed by atoms with van der Waals surface area (Å²) in [6.45, 7) is 3.30. The smallest absolute Gasteiger partial charge is 0.315 e. The molecule has 1 unspecified atom stereocenters. The van der Waals surface area contributed by atoms with Crippen molar-refractivity contribution < 1.29 is 13.2 Å². The molecule has 2 nitrogen and oxygen atoms in total. The molecule has 2 rings (SSSR count). The van der Waals surface area contributed by atoms with Gasteiger partial charge in [0.1, 0.15) is 0 Å². The van der Waals surface area contributed by atoms with Gasteiger partial charge in [0.05, 0.1) is 5.92 Å². The molecular formula is C14H21F3N2S. The van der Waals surface area contributed by atoms with E-state index in [1.165, 1.54) is 5.56 Å². The molecule has 0 saturated carbocycles. The zero-order chi connectivity index (χ0) is 14.4. The number of likely N-dealkylation sites (tertiary alicyclic amines) is 1. The van der Waals surface area contributed by atoms with Crippen molar-refractivity contribution in [3.8, 4) is 0 Å². The van der Waals surface area contributed by atoms with Crippen molar-refractivity contribution >= 4 is 11.3 Å². The lowest BCUT2D eigenvalue weighted by Crippen LogP contribution is -2.44. The van der Waals surface area contributed by atoms with Gasteiger partial charge in [-0.2, -0.15) is 24.5 Å². The molecule has 0 spiro atoms. The van der Waals surface area contributed by atoms with Crippen molar-refractivity contribution in [3.63, 3.8) is 0 Å². The highest BCUT2D eigenvalue weighted by Gasteiger charge is 2.41. The number of hydrogen-bond donors (Lipinski definition) is 1. The molecule has 1 fully saturated rings. The first-order valence-corrected chi connectivity index (χ1v) is 8.01. The van der Waals surface area contributed by atoms with E-state index in [9.17, 15) is 13.2 Å². The van der Waals surface area contributed by atoms with Gasteiger partial charge in [0.25, 0.3) is 0 Å². The number of alkyl halides is 3. The Morgan fingerprint density at radius 2 is 2.20 bits per heavy atom. The molecule has 2 heterocycles. The number of hydrogen-bond acceptors (Lipinski definition) is 3. The summed E-state index contributed by atoms with van der Waals surface area (Å²) in [5.74, 6) is -1.14. The van der Waals surface area contributed by atoms with Crippen LogP contribution in [-0.2, 0) is 6.42 Å². The van der Waals surface area contributed by atoms with Crippen molar-refractivity contribution in [1.82, 2.24) is 10.2 Å². The van der Waals surface area contributed by atoms with Crippen molar-refractivity contribution in [3.05, 3.63) is 22.4 Å². The summed E-state index contributed by atoms with van der Waals surface area (Å²) >= 11 is 1.69. The van der Waals surface area contributed by atoms with Crippen molar-refractivity contribution in [2.75, 3.05) is 32.7 Å². The zero-order valence-electron chi connectivity index (χ0n) is 11.5. The first-order valence-electron chi connectivity index (χ1n) is 7.06. The van der Waals surface area contributed by atoms with Crippen LogP contribution in [0.1, 0.15) is 18.4 Å². The summed E-state index contributed by atoms with van der Waals surface area (Å²) in [5.41, 5.74) is 1.32. The lowest BCUT2D eigenvalue weighted by Gasteiger charge is -2.33. The van der Waals surface area contributed by atoms with E-state index < -0.39 is 12.1 Å². The van der Waals surface area contributed by atoms with E-state index in [4.69, 9.17) is 0 Å². The highest BCUT2D eigenvalue weighted by molar-refractivity contribution is 7.07. The van der Waals surface area contributed by atoms with E-state index >= 15 is 0 Å². The molecule has 1 aliphatic rings. The molecule has 0 aromatic carbocycles. The number of rotatable bonds is 6. The molecule has 1 saturated heterocycles. The third-order valence-electron chi connectivity index (χ3n) is 3.74. The molecule has 1 aromatic heterocycles. The molecule has 6 heteroatoms. The summed E-state index contributed by atoms with van der Waals surface area (Å²) in [5, 5.41) is 7.49. The average molecular weight is 306 g/mol. The van der Waals surface area contributed by atoms with Crippen LogP contribution in [0.2, 0.25) is 0 Å². The van der Waals surface area contributed by atoms with E-state index in [0.717, 1.165) is 26.1 Å². The van der Waals surface area contributed by atoms with Gasteiger partial charge in [-0.05, 0) is 54.7 Å². The van der Waals surface area contributed by atoms with Crippen molar-refractivity contribution in [2.24, 2.45) is 5.92 Å². The summed E-state index contributed by atoms with van der Waals surface area (Å²) in [4.78, 5) is 1.93. The molecule has 0 bridgehead atoms. The number of piperidine rings is 1. The van der Waals surface area contributed by atoms with Crippen LogP contribution in [0.3, 0.4) is 0 Å². The topological polar surface area (TPSA) is 15.3 Å². The monoisotopic (exact) mass is 306 g/mol. The van der Waals surface area contributed by atoms with Gasteiger partial charge in [-0.3, -0.25) is 0 Å². The van der Waals surface area contributed by atoms with Crippen LogP contribution < -0.4 is 5.32 Å². The summed E-state index contributed by atoms with van der Waals surface area (Å²) < 4.78 is 38.0. The van der Waals surface area contributed by atoms with Crippen LogP contribution in [0, 0.1) is 5.92 Å². The van der Waals surface area contributed by atoms with Crippen LogP contribution in [0.4, 0.5) is 13.2 Å². The minimum absolute atomic E-state index is 0.162. The van der Waals surface area contributed by atoms with Gasteiger partial charge in [0.2, 0.25) is 0 Å². The first kappa shape index (κ1) is 15.8. The maximum absolute atomic E-state index is 12.7. The van der Waals surface area contributed by atoms with Gasteiger partial charge >= 0.3 is 6.18 Å². The number of thiophene rings is 1. The minimum atomic E-state index is -4.04. The van der Waals surface area contributed by atoms with Gasteiger partial charge < -0.3 is 10.2 Å². The van der Waals surface area contributed by atoms with Crippen LogP contribution in [0.25, 0.3) is 0 Å². The number of nitrogens with one attached hydrogen (secondary N) is 1. The van der Waals surface area contributed by atoms with E-state index in [2.05, 4.69) is 22.1 Å². The third kappa shape index (κ3) is 5.07. The van der Waals surface area contributed by atoms with Crippen molar-refractivity contribution in [1.29, 1.82) is 0 Å². The Labute approximate surface area is 122 Å². The lowest BCUT2D eigenvalue weighted by atomic mass is 9.97. The molecule has 1 N–H and O–H groups in total. The molecule has 0 radical (unpaired) electrons. The second-order valence-corrected chi connectivity index (χ2v) is 6.09. The summed E-state index contributed by atoms with van der Waals surface area (Å²) in [6.07, 6.45) is -2.12. The molecular weight excluding hydrogens is 285 g/mol.